The minimum atomic E-state index is -0.215. The van der Waals surface area contributed by atoms with Crippen molar-refractivity contribution in [2.45, 2.75) is 39.0 Å². The third kappa shape index (κ3) is 5.38. The van der Waals surface area contributed by atoms with Crippen molar-refractivity contribution in [3.8, 4) is 0 Å². The SMILES string of the molecule is CC(C)c1ncc(Cl)c(C(=O)NCCC2CCCNC2)n1.Cl. The van der Waals surface area contributed by atoms with E-state index in [0.717, 1.165) is 19.5 Å². The number of aromatic nitrogens is 2. The van der Waals surface area contributed by atoms with Gasteiger partial charge in [0.15, 0.2) is 0 Å². The van der Waals surface area contributed by atoms with E-state index in [2.05, 4.69) is 20.6 Å². The van der Waals surface area contributed by atoms with Crippen molar-refractivity contribution >= 4 is 29.9 Å². The van der Waals surface area contributed by atoms with Crippen molar-refractivity contribution in [2.24, 2.45) is 5.92 Å². The van der Waals surface area contributed by atoms with Crippen molar-refractivity contribution in [1.29, 1.82) is 0 Å². The molecule has 0 bridgehead atoms. The van der Waals surface area contributed by atoms with E-state index in [-0.39, 0.29) is 29.9 Å². The fourth-order valence-corrected chi connectivity index (χ4v) is 2.64. The lowest BCUT2D eigenvalue weighted by atomic mass is 9.96. The molecule has 2 N–H and O–H groups in total. The van der Waals surface area contributed by atoms with Crippen LogP contribution in [0.2, 0.25) is 5.02 Å². The second-order valence-corrected chi connectivity index (χ2v) is 6.24. The van der Waals surface area contributed by atoms with Gasteiger partial charge in [0, 0.05) is 12.5 Å². The normalized spacial score (nSPS) is 17.9. The van der Waals surface area contributed by atoms with Gasteiger partial charge < -0.3 is 10.6 Å². The highest BCUT2D eigenvalue weighted by Gasteiger charge is 2.17. The third-order valence-corrected chi connectivity index (χ3v) is 4.01. The van der Waals surface area contributed by atoms with Gasteiger partial charge in [-0.25, -0.2) is 9.97 Å². The lowest BCUT2D eigenvalue weighted by Crippen LogP contribution is -2.33. The summed E-state index contributed by atoms with van der Waals surface area (Å²) in [6.07, 6.45) is 4.94. The zero-order valence-corrected chi connectivity index (χ0v) is 14.6. The predicted octanol–water partition coefficient (Wildman–Crippen LogP) is 2.79. The molecule has 0 aromatic carbocycles. The standard InChI is InChI=1S/C15H23ClN4O.ClH/c1-10(2)14-19-9-12(16)13(20-14)15(21)18-7-5-11-4-3-6-17-8-11;/h9-11,17H,3-8H2,1-2H3,(H,18,21);1H. The average molecular weight is 347 g/mol. The molecule has 1 aliphatic rings. The van der Waals surface area contributed by atoms with Gasteiger partial charge in [0.2, 0.25) is 0 Å². The molecule has 5 nitrogen and oxygen atoms in total. The van der Waals surface area contributed by atoms with Gasteiger partial charge in [0.1, 0.15) is 11.5 Å². The number of nitrogens with zero attached hydrogens (tertiary/aromatic N) is 2. The molecule has 1 amide bonds. The van der Waals surface area contributed by atoms with Crippen LogP contribution in [0, 0.1) is 5.92 Å². The zero-order chi connectivity index (χ0) is 15.2. The van der Waals surface area contributed by atoms with Crippen LogP contribution < -0.4 is 10.6 Å². The van der Waals surface area contributed by atoms with Crippen LogP contribution in [0.1, 0.15) is 55.3 Å². The zero-order valence-electron chi connectivity index (χ0n) is 13.1. The van der Waals surface area contributed by atoms with Crippen molar-refractivity contribution in [2.75, 3.05) is 19.6 Å². The third-order valence-electron chi connectivity index (χ3n) is 3.73. The predicted molar refractivity (Wildman–Crippen MR) is 90.9 cm³/mol. The fourth-order valence-electron chi connectivity index (χ4n) is 2.46. The molecule has 1 saturated heterocycles. The van der Waals surface area contributed by atoms with E-state index in [1.807, 2.05) is 13.8 Å². The van der Waals surface area contributed by atoms with Gasteiger partial charge in [-0.3, -0.25) is 4.79 Å². The maximum absolute atomic E-state index is 12.2. The Kier molecular flexibility index (Phi) is 8.07. The number of carbonyl (C=O) groups is 1. The molecule has 0 saturated carbocycles. The number of amides is 1. The minimum absolute atomic E-state index is 0. The Bertz CT molecular complexity index is 490. The first-order valence-corrected chi connectivity index (χ1v) is 7.97. The van der Waals surface area contributed by atoms with Gasteiger partial charge >= 0.3 is 0 Å². The Morgan fingerprint density at radius 1 is 1.55 bits per heavy atom. The summed E-state index contributed by atoms with van der Waals surface area (Å²) >= 11 is 6.03. The fraction of sp³-hybridized carbons (Fsp3) is 0.667. The Morgan fingerprint density at radius 3 is 2.95 bits per heavy atom. The van der Waals surface area contributed by atoms with Crippen LogP contribution in [0.5, 0.6) is 0 Å². The van der Waals surface area contributed by atoms with E-state index in [0.29, 0.717) is 23.3 Å². The quantitative estimate of drug-likeness (QED) is 0.860. The Hall–Kier alpha value is -0.910. The molecule has 22 heavy (non-hydrogen) atoms. The summed E-state index contributed by atoms with van der Waals surface area (Å²) in [7, 11) is 0. The number of piperidine rings is 1. The van der Waals surface area contributed by atoms with Gasteiger partial charge in [-0.2, -0.15) is 0 Å². The highest BCUT2D eigenvalue weighted by atomic mass is 35.5. The van der Waals surface area contributed by atoms with Crippen LogP contribution in [0.3, 0.4) is 0 Å². The van der Waals surface area contributed by atoms with Gasteiger partial charge in [-0.15, -0.1) is 12.4 Å². The molecule has 2 rings (SSSR count). The maximum Gasteiger partial charge on any atom is 0.271 e. The van der Waals surface area contributed by atoms with Crippen LogP contribution in [0.15, 0.2) is 6.20 Å². The molecule has 0 radical (unpaired) electrons. The van der Waals surface area contributed by atoms with Crippen molar-refractivity contribution in [1.82, 2.24) is 20.6 Å². The van der Waals surface area contributed by atoms with E-state index in [1.165, 1.54) is 19.0 Å². The Labute approximate surface area is 143 Å². The van der Waals surface area contributed by atoms with Gasteiger partial charge in [-0.05, 0) is 38.3 Å². The number of nitrogens with one attached hydrogen (secondary N) is 2. The van der Waals surface area contributed by atoms with Gasteiger partial charge in [-0.1, -0.05) is 25.4 Å². The molecule has 1 aromatic rings. The summed E-state index contributed by atoms with van der Waals surface area (Å²) in [5.41, 5.74) is 0.275. The smallest absolute Gasteiger partial charge is 0.271 e. The van der Waals surface area contributed by atoms with Crippen molar-refractivity contribution in [3.05, 3.63) is 22.7 Å². The average Bonchev–Trinajstić information content (AvgIpc) is 2.48. The van der Waals surface area contributed by atoms with Gasteiger partial charge in [0.25, 0.3) is 5.91 Å². The van der Waals surface area contributed by atoms with Crippen LogP contribution >= 0.6 is 24.0 Å². The summed E-state index contributed by atoms with van der Waals surface area (Å²) in [4.78, 5) is 20.6. The molecule has 2 heterocycles. The maximum atomic E-state index is 12.2. The summed E-state index contributed by atoms with van der Waals surface area (Å²) in [5.74, 6) is 1.24. The summed E-state index contributed by atoms with van der Waals surface area (Å²) in [5, 5.41) is 6.59. The summed E-state index contributed by atoms with van der Waals surface area (Å²) < 4.78 is 0. The number of halogens is 2. The highest BCUT2D eigenvalue weighted by Crippen LogP contribution is 2.17. The van der Waals surface area contributed by atoms with Crippen LogP contribution in [0.4, 0.5) is 0 Å². The monoisotopic (exact) mass is 346 g/mol. The van der Waals surface area contributed by atoms with E-state index in [1.54, 1.807) is 0 Å². The second kappa shape index (κ2) is 9.28. The Morgan fingerprint density at radius 2 is 2.32 bits per heavy atom. The molecule has 0 aliphatic carbocycles. The van der Waals surface area contributed by atoms with Crippen LogP contribution in [0.25, 0.3) is 0 Å². The van der Waals surface area contributed by atoms with Crippen molar-refractivity contribution in [3.63, 3.8) is 0 Å². The molecule has 1 fully saturated rings. The first kappa shape index (κ1) is 19.1. The minimum Gasteiger partial charge on any atom is -0.351 e. The number of carbonyl (C=O) groups excluding carboxylic acids is 1. The molecule has 1 atom stereocenters. The first-order valence-electron chi connectivity index (χ1n) is 7.59. The molecule has 1 aromatic heterocycles. The molecule has 0 spiro atoms. The van der Waals surface area contributed by atoms with Crippen molar-refractivity contribution < 1.29 is 4.79 Å². The lowest BCUT2D eigenvalue weighted by Gasteiger charge is -2.22. The van der Waals surface area contributed by atoms with Crippen LogP contribution in [-0.2, 0) is 0 Å². The topological polar surface area (TPSA) is 66.9 Å². The van der Waals surface area contributed by atoms with Gasteiger partial charge in [0.05, 0.1) is 11.2 Å². The second-order valence-electron chi connectivity index (χ2n) is 5.84. The summed E-state index contributed by atoms with van der Waals surface area (Å²) in [6.45, 7) is 6.78. The number of rotatable bonds is 5. The largest absolute Gasteiger partial charge is 0.351 e. The Balaban J connectivity index is 0.00000242. The molecule has 1 aliphatic heterocycles. The number of hydrogen-bond acceptors (Lipinski definition) is 4. The lowest BCUT2D eigenvalue weighted by molar-refractivity contribution is 0.0945. The number of hydrogen-bond donors (Lipinski definition) is 2. The molecule has 124 valence electrons. The highest BCUT2D eigenvalue weighted by molar-refractivity contribution is 6.33. The van der Waals surface area contributed by atoms with Crippen LogP contribution in [-0.4, -0.2) is 35.5 Å². The first-order chi connectivity index (χ1) is 10.1. The molecular formula is C15H24Cl2N4O. The van der Waals surface area contributed by atoms with E-state index >= 15 is 0 Å². The van der Waals surface area contributed by atoms with E-state index in [9.17, 15) is 4.79 Å². The van der Waals surface area contributed by atoms with E-state index < -0.39 is 0 Å². The molecule has 1 unspecified atom stereocenters. The van der Waals surface area contributed by atoms with E-state index in [4.69, 9.17) is 11.6 Å². The summed E-state index contributed by atoms with van der Waals surface area (Å²) in [6, 6.07) is 0. The molecular weight excluding hydrogens is 323 g/mol. The molecule has 7 heteroatoms.